The van der Waals surface area contributed by atoms with E-state index < -0.39 is 0 Å². The molecule has 0 spiro atoms. The van der Waals surface area contributed by atoms with E-state index in [0.717, 1.165) is 16.9 Å². The lowest BCUT2D eigenvalue weighted by Gasteiger charge is -2.18. The van der Waals surface area contributed by atoms with E-state index in [0.29, 0.717) is 13.2 Å². The molecule has 2 aromatic carbocycles. The first-order valence-electron chi connectivity index (χ1n) is 7.96. The molecule has 0 aliphatic rings. The number of hydrogen-bond acceptors (Lipinski definition) is 4. The molecule has 0 unspecified atom stereocenters. The van der Waals surface area contributed by atoms with Crippen LogP contribution in [0.3, 0.4) is 0 Å². The van der Waals surface area contributed by atoms with E-state index in [9.17, 15) is 4.79 Å². The third-order valence-electron chi connectivity index (χ3n) is 3.63. The van der Waals surface area contributed by atoms with Crippen LogP contribution in [-0.2, 0) is 17.9 Å². The summed E-state index contributed by atoms with van der Waals surface area (Å²) in [6, 6.07) is 16.0. The third kappa shape index (κ3) is 5.68. The van der Waals surface area contributed by atoms with Crippen LogP contribution >= 0.6 is 0 Å². The summed E-state index contributed by atoms with van der Waals surface area (Å²) in [6.07, 6.45) is 0.120. The molecule has 0 aliphatic carbocycles. The number of hydrogen-bond donors (Lipinski definition) is 2. The standard InChI is InChI=1S/C19H24N2O3/c1-15-4-3-5-17(12-15)14-24-18-8-6-16(7-9-18)13-20-21(2)19(23)10-11-22/h3-9,12,20,22H,10-11,13-14H2,1-2H3. The Kier molecular flexibility index (Phi) is 6.78. The molecular formula is C19H24N2O3. The van der Waals surface area contributed by atoms with E-state index in [1.807, 2.05) is 36.4 Å². The SMILES string of the molecule is Cc1cccc(COc2ccc(CNN(C)C(=O)CCO)cc2)c1. The van der Waals surface area contributed by atoms with Crippen LogP contribution in [0.1, 0.15) is 23.1 Å². The number of benzene rings is 2. The number of aryl methyl sites for hydroxylation is 1. The molecule has 0 radical (unpaired) electrons. The first kappa shape index (κ1) is 18.0. The summed E-state index contributed by atoms with van der Waals surface area (Å²) in [7, 11) is 1.65. The Balaban J connectivity index is 1.81. The summed E-state index contributed by atoms with van der Waals surface area (Å²) in [5, 5.41) is 10.2. The number of hydrazine groups is 1. The van der Waals surface area contributed by atoms with E-state index in [1.54, 1.807) is 7.05 Å². The molecular weight excluding hydrogens is 304 g/mol. The third-order valence-corrected chi connectivity index (χ3v) is 3.63. The lowest BCUT2D eigenvalue weighted by Crippen LogP contribution is -2.39. The summed E-state index contributed by atoms with van der Waals surface area (Å²) >= 11 is 0. The number of nitrogens with one attached hydrogen (secondary N) is 1. The molecule has 0 bridgehead atoms. The Hall–Kier alpha value is -2.37. The van der Waals surface area contributed by atoms with Gasteiger partial charge in [-0.3, -0.25) is 9.80 Å². The van der Waals surface area contributed by atoms with Crippen LogP contribution in [0.4, 0.5) is 0 Å². The van der Waals surface area contributed by atoms with Crippen molar-refractivity contribution < 1.29 is 14.6 Å². The minimum atomic E-state index is -0.143. The zero-order valence-corrected chi connectivity index (χ0v) is 14.2. The highest BCUT2D eigenvalue weighted by molar-refractivity contribution is 5.75. The molecule has 0 aliphatic heterocycles. The predicted molar refractivity (Wildman–Crippen MR) is 93.3 cm³/mol. The van der Waals surface area contributed by atoms with Gasteiger partial charge in [0.2, 0.25) is 5.91 Å². The Morgan fingerprint density at radius 1 is 1.17 bits per heavy atom. The molecule has 2 aromatic rings. The minimum absolute atomic E-state index is 0.120. The van der Waals surface area contributed by atoms with Gasteiger partial charge in [0.1, 0.15) is 12.4 Å². The average molecular weight is 328 g/mol. The van der Waals surface area contributed by atoms with Crippen molar-refractivity contribution in [1.29, 1.82) is 0 Å². The van der Waals surface area contributed by atoms with Gasteiger partial charge >= 0.3 is 0 Å². The van der Waals surface area contributed by atoms with E-state index >= 15 is 0 Å². The van der Waals surface area contributed by atoms with E-state index in [1.165, 1.54) is 10.6 Å². The molecule has 2 rings (SSSR count). The van der Waals surface area contributed by atoms with Gasteiger partial charge in [0.05, 0.1) is 13.0 Å². The molecule has 0 saturated carbocycles. The van der Waals surface area contributed by atoms with Crippen molar-refractivity contribution in [1.82, 2.24) is 10.4 Å². The smallest absolute Gasteiger partial charge is 0.238 e. The summed E-state index contributed by atoms with van der Waals surface area (Å²) in [5.74, 6) is 0.667. The van der Waals surface area contributed by atoms with Crippen molar-refractivity contribution in [3.63, 3.8) is 0 Å². The van der Waals surface area contributed by atoms with Crippen LogP contribution in [0.15, 0.2) is 48.5 Å². The molecule has 0 saturated heterocycles. The summed E-state index contributed by atoms with van der Waals surface area (Å²) in [4.78, 5) is 11.5. The number of carbonyl (C=O) groups is 1. The molecule has 0 heterocycles. The number of ether oxygens (including phenoxy) is 1. The van der Waals surface area contributed by atoms with E-state index in [-0.39, 0.29) is 18.9 Å². The van der Waals surface area contributed by atoms with Crippen LogP contribution in [0.25, 0.3) is 0 Å². The van der Waals surface area contributed by atoms with Gasteiger partial charge in [-0.2, -0.15) is 0 Å². The van der Waals surface area contributed by atoms with Crippen LogP contribution in [0.2, 0.25) is 0 Å². The molecule has 2 N–H and O–H groups in total. The number of nitrogens with zero attached hydrogens (tertiary/aromatic N) is 1. The van der Waals surface area contributed by atoms with Gasteiger partial charge < -0.3 is 9.84 Å². The number of rotatable bonds is 8. The minimum Gasteiger partial charge on any atom is -0.489 e. The zero-order valence-electron chi connectivity index (χ0n) is 14.2. The summed E-state index contributed by atoms with van der Waals surface area (Å²) in [6.45, 7) is 2.99. The second kappa shape index (κ2) is 9.05. The topological polar surface area (TPSA) is 61.8 Å². The van der Waals surface area contributed by atoms with Crippen molar-refractivity contribution in [2.24, 2.45) is 0 Å². The predicted octanol–water partition coefficient (Wildman–Crippen LogP) is 2.42. The Morgan fingerprint density at radius 3 is 2.58 bits per heavy atom. The first-order chi connectivity index (χ1) is 11.6. The van der Waals surface area contributed by atoms with Crippen LogP contribution in [0.5, 0.6) is 5.75 Å². The maximum Gasteiger partial charge on any atom is 0.238 e. The Morgan fingerprint density at radius 2 is 1.92 bits per heavy atom. The van der Waals surface area contributed by atoms with Crippen LogP contribution in [0, 0.1) is 6.92 Å². The quantitative estimate of drug-likeness (QED) is 0.731. The largest absolute Gasteiger partial charge is 0.489 e. The molecule has 0 fully saturated rings. The zero-order chi connectivity index (χ0) is 17.4. The highest BCUT2D eigenvalue weighted by Gasteiger charge is 2.07. The first-order valence-corrected chi connectivity index (χ1v) is 7.96. The number of aliphatic hydroxyl groups is 1. The number of amides is 1. The van der Waals surface area contributed by atoms with E-state index in [2.05, 4.69) is 24.5 Å². The highest BCUT2D eigenvalue weighted by atomic mass is 16.5. The van der Waals surface area contributed by atoms with Crippen molar-refractivity contribution in [2.45, 2.75) is 26.5 Å². The fourth-order valence-electron chi connectivity index (χ4n) is 2.23. The fourth-order valence-corrected chi connectivity index (χ4v) is 2.23. The number of aliphatic hydroxyl groups excluding tert-OH is 1. The monoisotopic (exact) mass is 328 g/mol. The van der Waals surface area contributed by atoms with Gasteiger partial charge in [-0.25, -0.2) is 5.43 Å². The fraction of sp³-hybridized carbons (Fsp3) is 0.316. The van der Waals surface area contributed by atoms with Gasteiger partial charge in [0.15, 0.2) is 0 Å². The van der Waals surface area contributed by atoms with Gasteiger partial charge in [0, 0.05) is 13.6 Å². The van der Waals surface area contributed by atoms with Gasteiger partial charge in [-0.1, -0.05) is 42.0 Å². The molecule has 5 nitrogen and oxygen atoms in total. The van der Waals surface area contributed by atoms with Crippen molar-refractivity contribution in [3.8, 4) is 5.75 Å². The summed E-state index contributed by atoms with van der Waals surface area (Å²) in [5.41, 5.74) is 6.41. The molecule has 0 aromatic heterocycles. The molecule has 5 heteroatoms. The van der Waals surface area contributed by atoms with Crippen molar-refractivity contribution in [2.75, 3.05) is 13.7 Å². The maximum absolute atomic E-state index is 11.5. The molecule has 1 amide bonds. The van der Waals surface area contributed by atoms with Crippen LogP contribution in [-0.4, -0.2) is 29.7 Å². The lowest BCUT2D eigenvalue weighted by atomic mass is 10.1. The molecule has 128 valence electrons. The average Bonchev–Trinajstić information content (AvgIpc) is 2.59. The Bertz CT molecular complexity index is 656. The second-order valence-electron chi connectivity index (χ2n) is 5.68. The van der Waals surface area contributed by atoms with Crippen molar-refractivity contribution >= 4 is 5.91 Å². The van der Waals surface area contributed by atoms with Crippen molar-refractivity contribution in [3.05, 3.63) is 65.2 Å². The highest BCUT2D eigenvalue weighted by Crippen LogP contribution is 2.15. The lowest BCUT2D eigenvalue weighted by molar-refractivity contribution is -0.133. The molecule has 24 heavy (non-hydrogen) atoms. The molecule has 0 atom stereocenters. The van der Waals surface area contributed by atoms with Gasteiger partial charge in [-0.15, -0.1) is 0 Å². The van der Waals surface area contributed by atoms with E-state index in [4.69, 9.17) is 9.84 Å². The van der Waals surface area contributed by atoms with Gasteiger partial charge in [0.25, 0.3) is 0 Å². The van der Waals surface area contributed by atoms with Crippen LogP contribution < -0.4 is 10.2 Å². The Labute approximate surface area is 142 Å². The second-order valence-corrected chi connectivity index (χ2v) is 5.68. The number of carbonyl (C=O) groups excluding carboxylic acids is 1. The maximum atomic E-state index is 11.5. The van der Waals surface area contributed by atoms with Gasteiger partial charge in [-0.05, 0) is 30.2 Å². The summed E-state index contributed by atoms with van der Waals surface area (Å²) < 4.78 is 5.79. The normalized spacial score (nSPS) is 10.5.